The second-order valence-corrected chi connectivity index (χ2v) is 7.50. The van der Waals surface area contributed by atoms with Gasteiger partial charge in [0.15, 0.2) is 5.78 Å². The van der Waals surface area contributed by atoms with Gasteiger partial charge in [0.25, 0.3) is 0 Å². The molecule has 5 rings (SSSR count). The molecule has 1 aliphatic carbocycles. The summed E-state index contributed by atoms with van der Waals surface area (Å²) in [6.07, 6.45) is 1.75. The van der Waals surface area contributed by atoms with E-state index in [-0.39, 0.29) is 5.78 Å². The van der Waals surface area contributed by atoms with Crippen molar-refractivity contribution in [2.75, 3.05) is 0 Å². The number of hydrogen-bond acceptors (Lipinski definition) is 2. The summed E-state index contributed by atoms with van der Waals surface area (Å²) in [5, 5.41) is 2.06. The van der Waals surface area contributed by atoms with Crippen molar-refractivity contribution in [1.82, 2.24) is 4.98 Å². The van der Waals surface area contributed by atoms with Crippen LogP contribution in [0.2, 0.25) is 0 Å². The second kappa shape index (κ2) is 5.62. The van der Waals surface area contributed by atoms with Crippen molar-refractivity contribution in [3.8, 4) is 22.4 Å². The summed E-state index contributed by atoms with van der Waals surface area (Å²) < 4.78 is 0. The summed E-state index contributed by atoms with van der Waals surface area (Å²) in [5.41, 5.74) is 9.22. The van der Waals surface area contributed by atoms with Crippen molar-refractivity contribution in [1.29, 1.82) is 0 Å². The van der Waals surface area contributed by atoms with Crippen molar-refractivity contribution in [2.45, 2.75) is 20.8 Å². The number of pyridine rings is 1. The number of aromatic nitrogens is 1. The fourth-order valence-electron chi connectivity index (χ4n) is 4.27. The third-order valence-corrected chi connectivity index (χ3v) is 5.36. The first kappa shape index (κ1) is 16.0. The molecule has 0 atom stereocenters. The van der Waals surface area contributed by atoms with E-state index in [1.807, 2.05) is 12.1 Å². The maximum atomic E-state index is 13.1. The molecule has 1 aromatic heterocycles. The molecule has 0 unspecified atom stereocenters. The van der Waals surface area contributed by atoms with Crippen LogP contribution in [0.5, 0.6) is 0 Å². The van der Waals surface area contributed by atoms with E-state index in [9.17, 15) is 4.79 Å². The summed E-state index contributed by atoms with van der Waals surface area (Å²) in [6, 6.07) is 18.8. The summed E-state index contributed by atoms with van der Waals surface area (Å²) in [4.78, 5) is 17.8. The highest BCUT2D eigenvalue weighted by Crippen LogP contribution is 2.42. The van der Waals surface area contributed by atoms with Crippen molar-refractivity contribution in [2.24, 2.45) is 0 Å². The fourth-order valence-corrected chi connectivity index (χ4v) is 4.27. The van der Waals surface area contributed by atoms with Crippen LogP contribution in [-0.2, 0) is 0 Å². The second-order valence-electron chi connectivity index (χ2n) is 7.50. The van der Waals surface area contributed by atoms with Gasteiger partial charge in [0.1, 0.15) is 0 Å². The van der Waals surface area contributed by atoms with E-state index < -0.39 is 0 Å². The van der Waals surface area contributed by atoms with E-state index in [4.69, 9.17) is 4.98 Å². The standard InChI is InChI=1S/C25H19NO/c1-14-7-8-19-21(12-14)18-5-4-6-20-23(18)22(25(19)27)13-26-24(20)17-10-15(2)9-16(3)11-17/h4-13H,1-3H3. The Kier molecular flexibility index (Phi) is 3.32. The Bertz CT molecular complexity index is 1250. The molecule has 130 valence electrons. The lowest BCUT2D eigenvalue weighted by molar-refractivity contribution is 0.104. The Hall–Kier alpha value is -3.26. The molecule has 0 saturated heterocycles. The third-order valence-electron chi connectivity index (χ3n) is 5.36. The summed E-state index contributed by atoms with van der Waals surface area (Å²) in [7, 11) is 0. The van der Waals surface area contributed by atoms with Crippen LogP contribution in [0.4, 0.5) is 0 Å². The van der Waals surface area contributed by atoms with Gasteiger partial charge in [0, 0.05) is 33.7 Å². The Morgan fingerprint density at radius 1 is 0.704 bits per heavy atom. The van der Waals surface area contributed by atoms with Crippen LogP contribution in [0, 0.1) is 20.8 Å². The topological polar surface area (TPSA) is 30.0 Å². The Labute approximate surface area is 158 Å². The number of nitrogens with zero attached hydrogens (tertiary/aromatic N) is 1. The molecule has 0 aliphatic heterocycles. The van der Waals surface area contributed by atoms with Crippen LogP contribution >= 0.6 is 0 Å². The molecule has 0 spiro atoms. The minimum Gasteiger partial charge on any atom is -0.289 e. The largest absolute Gasteiger partial charge is 0.289 e. The van der Waals surface area contributed by atoms with E-state index in [0.717, 1.165) is 44.3 Å². The predicted molar refractivity (Wildman–Crippen MR) is 110 cm³/mol. The normalized spacial score (nSPS) is 12.3. The van der Waals surface area contributed by atoms with Crippen molar-refractivity contribution in [3.05, 3.63) is 88.6 Å². The van der Waals surface area contributed by atoms with Gasteiger partial charge in [-0.15, -0.1) is 0 Å². The van der Waals surface area contributed by atoms with Crippen molar-refractivity contribution >= 4 is 16.6 Å². The molecule has 0 radical (unpaired) electrons. The molecule has 1 aliphatic rings. The zero-order chi connectivity index (χ0) is 18.7. The SMILES string of the molecule is Cc1cc(C)cc(-c2ncc3c4c(cccc24)-c2cc(C)ccc2C3=O)c1. The first-order valence-electron chi connectivity index (χ1n) is 9.19. The molecule has 27 heavy (non-hydrogen) atoms. The zero-order valence-electron chi connectivity index (χ0n) is 15.6. The minimum atomic E-state index is 0.0631. The number of carbonyl (C=O) groups excluding carboxylic acids is 1. The van der Waals surface area contributed by atoms with E-state index in [0.29, 0.717) is 5.56 Å². The highest BCUT2D eigenvalue weighted by molar-refractivity contribution is 6.26. The highest BCUT2D eigenvalue weighted by atomic mass is 16.1. The molecule has 3 aromatic carbocycles. The average Bonchev–Trinajstić information content (AvgIpc) is 2.64. The number of rotatable bonds is 1. The first-order chi connectivity index (χ1) is 13.0. The summed E-state index contributed by atoms with van der Waals surface area (Å²) in [6.45, 7) is 6.27. The fraction of sp³-hybridized carbons (Fsp3) is 0.120. The zero-order valence-corrected chi connectivity index (χ0v) is 15.6. The highest BCUT2D eigenvalue weighted by Gasteiger charge is 2.26. The molecule has 0 N–H and O–H groups in total. The van der Waals surface area contributed by atoms with Crippen molar-refractivity contribution < 1.29 is 4.79 Å². The van der Waals surface area contributed by atoms with Gasteiger partial charge in [-0.2, -0.15) is 0 Å². The quantitative estimate of drug-likeness (QED) is 0.369. The minimum absolute atomic E-state index is 0.0631. The lowest BCUT2D eigenvalue weighted by Gasteiger charge is -2.21. The van der Waals surface area contributed by atoms with Crippen LogP contribution in [-0.4, -0.2) is 10.8 Å². The molecule has 4 aromatic rings. The molecule has 2 heteroatoms. The van der Waals surface area contributed by atoms with Crippen LogP contribution in [0.1, 0.15) is 32.6 Å². The molecular weight excluding hydrogens is 330 g/mol. The van der Waals surface area contributed by atoms with Crippen LogP contribution in [0.25, 0.3) is 33.2 Å². The predicted octanol–water partition coefficient (Wildman–Crippen LogP) is 6.04. The van der Waals surface area contributed by atoms with Crippen LogP contribution in [0.15, 0.2) is 60.8 Å². The van der Waals surface area contributed by atoms with Gasteiger partial charge < -0.3 is 0 Å². The van der Waals surface area contributed by atoms with E-state index in [1.165, 1.54) is 11.1 Å². The molecule has 0 saturated carbocycles. The maximum Gasteiger partial charge on any atom is 0.195 e. The van der Waals surface area contributed by atoms with Gasteiger partial charge in [0.05, 0.1) is 5.69 Å². The van der Waals surface area contributed by atoms with Gasteiger partial charge in [-0.05, 0) is 44.0 Å². The maximum absolute atomic E-state index is 13.1. The number of ketones is 1. The Morgan fingerprint density at radius 3 is 2.26 bits per heavy atom. The molecule has 0 fully saturated rings. The van der Waals surface area contributed by atoms with Crippen molar-refractivity contribution in [3.63, 3.8) is 0 Å². The third kappa shape index (κ3) is 2.33. The number of carbonyl (C=O) groups is 1. The first-order valence-corrected chi connectivity index (χ1v) is 9.19. The smallest absolute Gasteiger partial charge is 0.195 e. The lowest BCUT2D eigenvalue weighted by atomic mass is 9.82. The van der Waals surface area contributed by atoms with Gasteiger partial charge >= 0.3 is 0 Å². The van der Waals surface area contributed by atoms with Gasteiger partial charge in [-0.3, -0.25) is 9.78 Å². The number of fused-ring (bicyclic) bond motifs is 2. The monoisotopic (exact) mass is 349 g/mol. The lowest BCUT2D eigenvalue weighted by Crippen LogP contribution is -2.11. The Balaban J connectivity index is 1.89. The number of hydrogen-bond donors (Lipinski definition) is 0. The van der Waals surface area contributed by atoms with Gasteiger partial charge in [0.2, 0.25) is 0 Å². The molecule has 2 nitrogen and oxygen atoms in total. The number of aryl methyl sites for hydroxylation is 3. The Morgan fingerprint density at radius 2 is 1.48 bits per heavy atom. The van der Waals surface area contributed by atoms with Crippen LogP contribution < -0.4 is 0 Å². The molecule has 0 amide bonds. The van der Waals surface area contributed by atoms with E-state index in [2.05, 4.69) is 63.2 Å². The molecular formula is C25H19NO. The molecule has 1 heterocycles. The summed E-state index contributed by atoms with van der Waals surface area (Å²) >= 11 is 0. The van der Waals surface area contributed by atoms with Gasteiger partial charge in [-0.25, -0.2) is 0 Å². The van der Waals surface area contributed by atoms with E-state index >= 15 is 0 Å². The number of benzene rings is 3. The van der Waals surface area contributed by atoms with Gasteiger partial charge in [-0.1, -0.05) is 59.2 Å². The van der Waals surface area contributed by atoms with E-state index in [1.54, 1.807) is 6.20 Å². The summed E-state index contributed by atoms with van der Waals surface area (Å²) in [5.74, 6) is 0.0631. The average molecular weight is 349 g/mol. The molecule has 0 bridgehead atoms. The van der Waals surface area contributed by atoms with Crippen LogP contribution in [0.3, 0.4) is 0 Å².